The van der Waals surface area contributed by atoms with Gasteiger partial charge in [-0.1, -0.05) is 30.8 Å². The number of amides is 1. The number of carbonyl (C=O) groups excluding carboxylic acids is 1. The fourth-order valence-electron chi connectivity index (χ4n) is 3.54. The third-order valence-electron chi connectivity index (χ3n) is 4.98. The van der Waals surface area contributed by atoms with Crippen LogP contribution in [0.3, 0.4) is 0 Å². The smallest absolute Gasteiger partial charge is 0.250 e. The van der Waals surface area contributed by atoms with Crippen LogP contribution in [0.25, 0.3) is 33.4 Å². The standard InChI is InChI=1S/C23H22N6O/c1-13(2)23(30)28-17-9-7-14(8-10-17)20-18(15-5-4-6-16(24)11-15)19-21(25)26-12-27-22(19)29(20)3/h4-12H,1,24H2,2-3H3,(H,28,30)(H2,25,26,27). The Bertz CT molecular complexity index is 1290. The Morgan fingerprint density at radius 3 is 2.47 bits per heavy atom. The number of fused-ring (bicyclic) bond motifs is 1. The third-order valence-corrected chi connectivity index (χ3v) is 4.98. The van der Waals surface area contributed by atoms with Crippen LogP contribution >= 0.6 is 0 Å². The van der Waals surface area contributed by atoms with Gasteiger partial charge in [0.2, 0.25) is 0 Å². The van der Waals surface area contributed by atoms with Crippen LogP contribution in [0.1, 0.15) is 6.92 Å². The van der Waals surface area contributed by atoms with Crippen molar-refractivity contribution in [1.29, 1.82) is 0 Å². The molecule has 0 bridgehead atoms. The second kappa shape index (κ2) is 7.36. The summed E-state index contributed by atoms with van der Waals surface area (Å²) in [5, 5.41) is 3.60. The number of nitrogen functional groups attached to an aromatic ring is 2. The minimum absolute atomic E-state index is 0.212. The number of nitrogens with one attached hydrogen (secondary N) is 1. The van der Waals surface area contributed by atoms with Crippen LogP contribution in [0.5, 0.6) is 0 Å². The molecule has 0 spiro atoms. The van der Waals surface area contributed by atoms with E-state index in [9.17, 15) is 4.79 Å². The molecule has 0 aliphatic rings. The monoisotopic (exact) mass is 398 g/mol. The highest BCUT2D eigenvalue weighted by Crippen LogP contribution is 2.42. The van der Waals surface area contributed by atoms with E-state index in [1.54, 1.807) is 6.92 Å². The first-order valence-corrected chi connectivity index (χ1v) is 9.39. The fourth-order valence-corrected chi connectivity index (χ4v) is 3.54. The number of benzene rings is 2. The second-order valence-corrected chi connectivity index (χ2v) is 7.18. The Morgan fingerprint density at radius 1 is 1.07 bits per heavy atom. The number of nitrogens with two attached hydrogens (primary N) is 2. The SMILES string of the molecule is C=C(C)C(=O)Nc1ccc(-c2c(-c3cccc(N)c3)c3c(N)ncnc3n2C)cc1. The molecule has 0 saturated heterocycles. The van der Waals surface area contributed by atoms with Gasteiger partial charge in [-0.3, -0.25) is 4.79 Å². The lowest BCUT2D eigenvalue weighted by Crippen LogP contribution is -2.11. The Kier molecular flexibility index (Phi) is 4.71. The zero-order valence-corrected chi connectivity index (χ0v) is 16.8. The van der Waals surface area contributed by atoms with Gasteiger partial charge in [0.15, 0.2) is 0 Å². The normalized spacial score (nSPS) is 10.9. The van der Waals surface area contributed by atoms with Crippen LogP contribution < -0.4 is 16.8 Å². The van der Waals surface area contributed by atoms with Crippen LogP contribution in [0.15, 0.2) is 67.0 Å². The zero-order chi connectivity index (χ0) is 21.4. The highest BCUT2D eigenvalue weighted by molar-refractivity contribution is 6.08. The van der Waals surface area contributed by atoms with E-state index in [-0.39, 0.29) is 5.91 Å². The van der Waals surface area contributed by atoms with Gasteiger partial charge in [-0.05, 0) is 42.3 Å². The van der Waals surface area contributed by atoms with Crippen molar-refractivity contribution in [2.45, 2.75) is 6.92 Å². The van der Waals surface area contributed by atoms with Gasteiger partial charge in [0, 0.05) is 29.6 Å². The minimum atomic E-state index is -0.212. The van der Waals surface area contributed by atoms with Crippen LogP contribution in [-0.2, 0) is 11.8 Å². The van der Waals surface area contributed by atoms with Gasteiger partial charge in [0.25, 0.3) is 5.91 Å². The van der Waals surface area contributed by atoms with Gasteiger partial charge in [-0.2, -0.15) is 0 Å². The molecule has 0 unspecified atom stereocenters. The number of aryl methyl sites for hydroxylation is 1. The third kappa shape index (κ3) is 3.26. The van der Waals surface area contributed by atoms with Crippen LogP contribution in [0.4, 0.5) is 17.2 Å². The molecule has 2 aromatic heterocycles. The van der Waals surface area contributed by atoms with E-state index >= 15 is 0 Å². The molecular weight excluding hydrogens is 376 g/mol. The molecule has 2 heterocycles. The number of nitrogens with zero attached hydrogens (tertiary/aromatic N) is 3. The maximum Gasteiger partial charge on any atom is 0.250 e. The van der Waals surface area contributed by atoms with Gasteiger partial charge < -0.3 is 21.4 Å². The minimum Gasteiger partial charge on any atom is -0.399 e. The number of aromatic nitrogens is 3. The Morgan fingerprint density at radius 2 is 1.80 bits per heavy atom. The average molecular weight is 398 g/mol. The quantitative estimate of drug-likeness (QED) is 0.356. The highest BCUT2D eigenvalue weighted by atomic mass is 16.1. The molecule has 0 atom stereocenters. The summed E-state index contributed by atoms with van der Waals surface area (Å²) in [6, 6.07) is 15.2. The van der Waals surface area contributed by atoms with Gasteiger partial charge in [-0.25, -0.2) is 9.97 Å². The maximum absolute atomic E-state index is 11.9. The number of hydrogen-bond donors (Lipinski definition) is 3. The lowest BCUT2D eigenvalue weighted by atomic mass is 9.98. The molecule has 150 valence electrons. The Hall–Kier alpha value is -4.13. The van der Waals surface area contributed by atoms with Crippen molar-refractivity contribution in [3.63, 3.8) is 0 Å². The molecule has 4 rings (SSSR count). The van der Waals surface area contributed by atoms with Crippen molar-refractivity contribution >= 4 is 34.1 Å². The van der Waals surface area contributed by atoms with Crippen LogP contribution in [0.2, 0.25) is 0 Å². The molecule has 0 radical (unpaired) electrons. The van der Waals surface area contributed by atoms with Crippen molar-refractivity contribution in [3.8, 4) is 22.4 Å². The van der Waals surface area contributed by atoms with Crippen molar-refractivity contribution in [1.82, 2.24) is 14.5 Å². The van der Waals surface area contributed by atoms with E-state index in [1.807, 2.05) is 60.1 Å². The zero-order valence-electron chi connectivity index (χ0n) is 16.8. The van der Waals surface area contributed by atoms with Crippen molar-refractivity contribution < 1.29 is 4.79 Å². The van der Waals surface area contributed by atoms with E-state index in [0.717, 1.165) is 33.4 Å². The lowest BCUT2D eigenvalue weighted by Gasteiger charge is -2.11. The Balaban J connectivity index is 1.92. The molecule has 7 nitrogen and oxygen atoms in total. The Labute approximate surface area is 174 Å². The van der Waals surface area contributed by atoms with Crippen molar-refractivity contribution in [3.05, 3.63) is 67.0 Å². The molecule has 5 N–H and O–H groups in total. The topological polar surface area (TPSA) is 112 Å². The van der Waals surface area contributed by atoms with E-state index in [2.05, 4.69) is 21.9 Å². The predicted molar refractivity (Wildman–Crippen MR) is 122 cm³/mol. The first-order valence-electron chi connectivity index (χ1n) is 9.39. The summed E-state index contributed by atoms with van der Waals surface area (Å²) in [5.41, 5.74) is 18.5. The highest BCUT2D eigenvalue weighted by Gasteiger charge is 2.21. The van der Waals surface area contributed by atoms with Gasteiger partial charge in [0.05, 0.1) is 11.1 Å². The summed E-state index contributed by atoms with van der Waals surface area (Å²) in [7, 11) is 1.94. The fraction of sp³-hybridized carbons (Fsp3) is 0.0870. The first kappa shape index (κ1) is 19.2. The van der Waals surface area contributed by atoms with E-state index < -0.39 is 0 Å². The van der Waals surface area contributed by atoms with Crippen molar-refractivity contribution in [2.24, 2.45) is 7.05 Å². The molecule has 1 amide bonds. The van der Waals surface area contributed by atoms with Crippen LogP contribution in [0, 0.1) is 0 Å². The van der Waals surface area contributed by atoms with E-state index in [1.165, 1.54) is 6.33 Å². The number of rotatable bonds is 4. The van der Waals surface area contributed by atoms with Gasteiger partial charge >= 0.3 is 0 Å². The molecular formula is C23H22N6O. The van der Waals surface area contributed by atoms with Crippen molar-refractivity contribution in [2.75, 3.05) is 16.8 Å². The number of carbonyl (C=O) groups is 1. The summed E-state index contributed by atoms with van der Waals surface area (Å²) in [4.78, 5) is 20.5. The average Bonchev–Trinajstić information content (AvgIpc) is 3.02. The second-order valence-electron chi connectivity index (χ2n) is 7.18. The molecule has 4 aromatic rings. The molecule has 30 heavy (non-hydrogen) atoms. The summed E-state index contributed by atoms with van der Waals surface area (Å²) in [6.45, 7) is 5.33. The van der Waals surface area contributed by atoms with E-state index in [0.29, 0.717) is 22.8 Å². The summed E-state index contributed by atoms with van der Waals surface area (Å²) in [6.07, 6.45) is 1.46. The molecule has 0 aliphatic carbocycles. The lowest BCUT2D eigenvalue weighted by molar-refractivity contribution is -0.112. The summed E-state index contributed by atoms with van der Waals surface area (Å²) >= 11 is 0. The first-order chi connectivity index (χ1) is 14.4. The van der Waals surface area contributed by atoms with Gasteiger partial charge in [0.1, 0.15) is 17.8 Å². The van der Waals surface area contributed by atoms with Gasteiger partial charge in [-0.15, -0.1) is 0 Å². The number of hydrogen-bond acceptors (Lipinski definition) is 5. The van der Waals surface area contributed by atoms with Crippen LogP contribution in [-0.4, -0.2) is 20.4 Å². The summed E-state index contributed by atoms with van der Waals surface area (Å²) in [5.74, 6) is 0.195. The molecule has 2 aromatic carbocycles. The molecule has 0 fully saturated rings. The van der Waals surface area contributed by atoms with E-state index in [4.69, 9.17) is 11.5 Å². The maximum atomic E-state index is 11.9. The summed E-state index contributed by atoms with van der Waals surface area (Å²) < 4.78 is 1.99. The molecule has 7 heteroatoms. The predicted octanol–water partition coefficient (Wildman–Crippen LogP) is 3.98. The largest absolute Gasteiger partial charge is 0.399 e. The number of anilines is 3. The molecule has 0 aliphatic heterocycles. The molecule has 0 saturated carbocycles.